The lowest BCUT2D eigenvalue weighted by Gasteiger charge is -2.41. The van der Waals surface area contributed by atoms with Gasteiger partial charge in [0.15, 0.2) is 8.07 Å². The van der Waals surface area contributed by atoms with Crippen LogP contribution in [0.4, 0.5) is 0 Å². The molecule has 0 spiro atoms. The maximum atomic E-state index is 3.60. The molecule has 0 unspecified atom stereocenters. The average Bonchev–Trinajstić information content (AvgIpc) is 4.03. The molecule has 0 fully saturated rings. The Morgan fingerprint density at radius 3 is 1.18 bits per heavy atom. The third-order valence-electron chi connectivity index (χ3n) is 15.4. The second-order valence-electron chi connectivity index (χ2n) is 19.5. The van der Waals surface area contributed by atoms with Crippen LogP contribution >= 0.6 is 10.0 Å². The highest BCUT2D eigenvalue weighted by Gasteiger charge is 2.41. The van der Waals surface area contributed by atoms with E-state index in [-0.39, 0.29) is 0 Å². The molecule has 14 aromatic rings. The summed E-state index contributed by atoms with van der Waals surface area (Å²) >= 11 is 0. The van der Waals surface area contributed by atoms with E-state index in [1.807, 2.05) is 6.07 Å². The molecule has 0 saturated heterocycles. The van der Waals surface area contributed by atoms with Crippen LogP contribution in [0, 0.1) is 12.1 Å². The van der Waals surface area contributed by atoms with Crippen LogP contribution in [0.2, 0.25) is 0 Å². The number of nitrogens with zero attached hydrogens (tertiary/aromatic N) is 2. The zero-order valence-corrected chi connectivity index (χ0v) is 43.5. The van der Waals surface area contributed by atoms with Gasteiger partial charge in [0.2, 0.25) is 0 Å². The molecule has 0 aliphatic rings. The second kappa shape index (κ2) is 18.8. The number of benzene rings is 11. The fourth-order valence-electron chi connectivity index (χ4n) is 12.2. The van der Waals surface area contributed by atoms with Gasteiger partial charge in [0, 0.05) is 47.6 Å². The Balaban J connectivity index is 0.912. The molecule has 0 saturated carbocycles. The van der Waals surface area contributed by atoms with E-state index in [4.69, 9.17) is 0 Å². The van der Waals surface area contributed by atoms with E-state index < -0.39 is 18.1 Å². The van der Waals surface area contributed by atoms with E-state index in [1.165, 1.54) is 90.2 Å². The van der Waals surface area contributed by atoms with Crippen molar-refractivity contribution in [1.82, 2.24) is 9.13 Å². The van der Waals surface area contributed by atoms with Crippen molar-refractivity contribution in [2.45, 2.75) is 19.6 Å². The molecule has 2 nitrogen and oxygen atoms in total. The zero-order valence-electron chi connectivity index (χ0n) is 41.7. The molecule has 0 aliphatic heterocycles. The number of para-hydroxylation sites is 2. The van der Waals surface area contributed by atoms with Crippen molar-refractivity contribution in [2.75, 3.05) is 0 Å². The highest BCUT2D eigenvalue weighted by Crippen LogP contribution is 2.73. The predicted octanol–water partition coefficient (Wildman–Crippen LogP) is 15.9. The molecule has 0 bridgehead atoms. The SMILES string of the molecule is c1cccc(S(c2ccccc2)(c2ccccc2)c2cccc(-n3c4ccccc4c4cc(-c5ccc6c(c5)c5ccccc5n6-c5cccc([Si](c6ccccc6)(c6ccccc6)c6ccccc6)c5)ccc43)c2)c#1. The molecule has 0 atom stereocenters. The van der Waals surface area contributed by atoms with Crippen LogP contribution in [-0.4, -0.2) is 17.2 Å². The molecule has 4 heteroatoms. The first-order valence-electron chi connectivity index (χ1n) is 26.0. The average molecular weight is 1000 g/mol. The largest absolute Gasteiger partial charge is 0.309 e. The topological polar surface area (TPSA) is 9.86 Å². The Morgan fingerprint density at radius 1 is 0.289 bits per heavy atom. The Hall–Kier alpha value is -9.37. The van der Waals surface area contributed by atoms with Gasteiger partial charge in [-0.1, -0.05) is 212 Å². The van der Waals surface area contributed by atoms with Crippen molar-refractivity contribution >= 4 is 82.5 Å². The van der Waals surface area contributed by atoms with Gasteiger partial charge in [-0.2, -0.15) is 0 Å². The normalized spacial score (nSPS) is 12.1. The maximum absolute atomic E-state index is 3.60. The highest BCUT2D eigenvalue weighted by atomic mass is 32.3. The van der Waals surface area contributed by atoms with E-state index in [1.54, 1.807) is 0 Å². The Kier molecular flexibility index (Phi) is 11.2. The summed E-state index contributed by atoms with van der Waals surface area (Å²) in [7, 11) is -4.73. The lowest BCUT2D eigenvalue weighted by Crippen LogP contribution is -2.74. The van der Waals surface area contributed by atoms with E-state index in [9.17, 15) is 0 Å². The number of fused-ring (bicyclic) bond motifs is 6. The zero-order chi connectivity index (χ0) is 50.5. The van der Waals surface area contributed by atoms with Crippen LogP contribution in [0.15, 0.2) is 323 Å². The minimum absolute atomic E-state index is 1.12. The lowest BCUT2D eigenvalue weighted by atomic mass is 10.0. The molecule has 2 aromatic heterocycles. The molecule has 0 amide bonds. The summed E-state index contributed by atoms with van der Waals surface area (Å²) in [6.07, 6.45) is 0. The third kappa shape index (κ3) is 7.20. The second-order valence-corrected chi connectivity index (χ2v) is 26.4. The monoisotopic (exact) mass is 1000 g/mol. The number of hydrogen-bond donors (Lipinski definition) is 0. The smallest absolute Gasteiger partial charge is 0.179 e. The summed E-state index contributed by atoms with van der Waals surface area (Å²) in [5, 5.41) is 10.3. The maximum Gasteiger partial charge on any atom is 0.179 e. The van der Waals surface area contributed by atoms with E-state index >= 15 is 0 Å². The molecular weight excluding hydrogens is 953 g/mol. The lowest BCUT2D eigenvalue weighted by molar-refractivity contribution is 1.15. The van der Waals surface area contributed by atoms with Crippen molar-refractivity contribution in [2.24, 2.45) is 0 Å². The van der Waals surface area contributed by atoms with E-state index in [0.29, 0.717) is 0 Å². The van der Waals surface area contributed by atoms with Gasteiger partial charge in [-0.05, 0) is 135 Å². The third-order valence-corrected chi connectivity index (χ3v) is 24.0. The summed E-state index contributed by atoms with van der Waals surface area (Å²) in [6, 6.07) is 119. The van der Waals surface area contributed by atoms with Crippen LogP contribution in [0.1, 0.15) is 0 Å². The van der Waals surface area contributed by atoms with Gasteiger partial charge in [0.1, 0.15) is 0 Å². The van der Waals surface area contributed by atoms with Gasteiger partial charge < -0.3 is 9.13 Å². The number of hydrogen-bond acceptors (Lipinski definition) is 0. The van der Waals surface area contributed by atoms with Gasteiger partial charge in [-0.3, -0.25) is 0 Å². The van der Waals surface area contributed by atoms with Gasteiger partial charge >= 0.3 is 0 Å². The van der Waals surface area contributed by atoms with E-state index in [2.05, 4.69) is 319 Å². The van der Waals surface area contributed by atoms with Crippen LogP contribution in [0.25, 0.3) is 66.1 Å². The quantitative estimate of drug-likeness (QED) is 0.0903. The predicted molar refractivity (Wildman–Crippen MR) is 322 cm³/mol. The molecule has 76 heavy (non-hydrogen) atoms. The summed E-state index contributed by atoms with van der Waals surface area (Å²) in [6.45, 7) is 0. The molecular formula is C72H50N2SSi. The fourth-order valence-corrected chi connectivity index (χ4v) is 20.7. The van der Waals surface area contributed by atoms with Gasteiger partial charge in [-0.25, -0.2) is 0 Å². The van der Waals surface area contributed by atoms with Crippen molar-refractivity contribution in [3.8, 4) is 22.5 Å². The Morgan fingerprint density at radius 2 is 0.697 bits per heavy atom. The molecule has 0 N–H and O–H groups in total. The standard InChI is InChI=1S/C72H50N2SSi/c1-7-27-57(28-8-1)75(58-29-9-2-10-30-58,59-31-11-3-12-32-59)60-33-23-25-55(51-60)73-69-43-21-19-41-65(69)67-49-53(45-47-71(67)73)54-46-48-72-68(50-54)66-42-20-22-44-70(66)74(72)56-26-24-40-64(52-56)76(61-34-13-4-14-35-61,62-36-15-5-16-37-62)63-38-17-6-18-39-63/h1-11,13-31,33-52H. The van der Waals surface area contributed by atoms with Crippen LogP contribution in [0.5, 0.6) is 0 Å². The molecule has 2 heterocycles. The van der Waals surface area contributed by atoms with Crippen molar-refractivity contribution in [3.05, 3.63) is 315 Å². The van der Waals surface area contributed by atoms with E-state index in [0.717, 1.165) is 16.3 Å². The Labute approximate surface area is 446 Å². The fraction of sp³-hybridized carbons (Fsp3) is 0. The van der Waals surface area contributed by atoms with Gasteiger partial charge in [-0.15, -0.1) is 10.0 Å². The summed E-state index contributed by atoms with van der Waals surface area (Å²) in [5.74, 6) is 0. The number of aromatic nitrogens is 2. The summed E-state index contributed by atoms with van der Waals surface area (Å²) < 4.78 is 4.93. The Bertz CT molecular complexity index is 3900. The summed E-state index contributed by atoms with van der Waals surface area (Å²) in [4.78, 5) is 4.88. The first-order valence-corrected chi connectivity index (χ1v) is 29.6. The molecule has 0 radical (unpaired) electrons. The minimum atomic E-state index is -2.76. The van der Waals surface area contributed by atoms with Crippen LogP contribution < -0.4 is 20.7 Å². The van der Waals surface area contributed by atoms with Gasteiger partial charge in [0.05, 0.1) is 27.0 Å². The molecule has 0 aliphatic carbocycles. The van der Waals surface area contributed by atoms with Crippen molar-refractivity contribution in [1.29, 1.82) is 0 Å². The molecule has 12 aromatic carbocycles. The molecule has 14 rings (SSSR count). The van der Waals surface area contributed by atoms with Crippen molar-refractivity contribution in [3.63, 3.8) is 0 Å². The highest BCUT2D eigenvalue weighted by molar-refractivity contribution is 8.33. The first kappa shape index (κ1) is 45.3. The van der Waals surface area contributed by atoms with Crippen LogP contribution in [0.3, 0.4) is 0 Å². The molecule has 358 valence electrons. The summed E-state index contributed by atoms with van der Waals surface area (Å²) in [5.41, 5.74) is 9.35. The first-order chi connectivity index (χ1) is 37.7. The van der Waals surface area contributed by atoms with Crippen LogP contribution in [-0.2, 0) is 0 Å². The minimum Gasteiger partial charge on any atom is -0.309 e. The van der Waals surface area contributed by atoms with Crippen molar-refractivity contribution < 1.29 is 0 Å². The number of rotatable bonds is 11. The van der Waals surface area contributed by atoms with Gasteiger partial charge in [0.25, 0.3) is 0 Å².